The number of carbonyl (C=O) groups is 2. The van der Waals surface area contributed by atoms with Crippen LogP contribution in [-0.4, -0.2) is 27.5 Å². The zero-order chi connectivity index (χ0) is 20.5. The Kier molecular flexibility index (Phi) is 4.59. The lowest BCUT2D eigenvalue weighted by atomic mass is 10.2. The molecule has 0 radical (unpaired) electrons. The molecular weight excluding hydrogens is 372 g/mol. The van der Waals surface area contributed by atoms with Gasteiger partial charge in [-0.1, -0.05) is 18.2 Å². The zero-order valence-electron chi connectivity index (χ0n) is 15.4. The van der Waals surface area contributed by atoms with Crippen molar-refractivity contribution in [1.82, 2.24) is 9.13 Å². The molecule has 146 valence electrons. The van der Waals surface area contributed by atoms with Crippen LogP contribution in [0.4, 0.5) is 11.4 Å². The Morgan fingerprint density at radius 3 is 2.31 bits per heavy atom. The van der Waals surface area contributed by atoms with Crippen LogP contribution in [0.5, 0.6) is 0 Å². The number of nitrogen functional groups attached to an aromatic ring is 1. The Labute approximate surface area is 165 Å². The first-order valence-corrected chi connectivity index (χ1v) is 9.08. The number of rotatable bonds is 3. The molecule has 2 N–H and O–H groups in total. The van der Waals surface area contributed by atoms with E-state index in [0.29, 0.717) is 28.9 Å². The summed E-state index contributed by atoms with van der Waals surface area (Å²) >= 11 is 0. The van der Waals surface area contributed by atoms with Crippen molar-refractivity contribution in [3.05, 3.63) is 93.3 Å². The fourth-order valence-corrected chi connectivity index (χ4v) is 3.46. The van der Waals surface area contributed by atoms with E-state index in [-0.39, 0.29) is 11.5 Å². The summed E-state index contributed by atoms with van der Waals surface area (Å²) in [5.74, 6) is -1.01. The summed E-state index contributed by atoms with van der Waals surface area (Å²) in [6.07, 6.45) is 1.65. The maximum atomic E-state index is 12.9. The van der Waals surface area contributed by atoms with Gasteiger partial charge >= 0.3 is 5.69 Å². The number of carbonyl (C=O) groups excluding carboxylic acids is 2. The maximum Gasteiger partial charge on any atom is 0.338 e. The smallest absolute Gasteiger partial charge is 0.338 e. The van der Waals surface area contributed by atoms with Crippen LogP contribution < -0.4 is 21.9 Å². The molecule has 2 heterocycles. The van der Waals surface area contributed by atoms with Gasteiger partial charge in [0.05, 0.1) is 0 Å². The van der Waals surface area contributed by atoms with Gasteiger partial charge in [0.15, 0.2) is 0 Å². The lowest BCUT2D eigenvalue weighted by Crippen LogP contribution is -2.45. The third kappa shape index (κ3) is 3.25. The van der Waals surface area contributed by atoms with E-state index >= 15 is 0 Å². The van der Waals surface area contributed by atoms with E-state index in [1.165, 1.54) is 18.3 Å². The summed E-state index contributed by atoms with van der Waals surface area (Å²) in [6, 6.07) is 15.3. The quantitative estimate of drug-likeness (QED) is 0.678. The number of anilines is 2. The molecule has 2 aromatic carbocycles. The molecule has 4 rings (SSSR count). The van der Waals surface area contributed by atoms with Crippen molar-refractivity contribution in [2.75, 3.05) is 17.2 Å². The van der Waals surface area contributed by atoms with E-state index in [0.717, 1.165) is 10.6 Å². The van der Waals surface area contributed by atoms with Crippen molar-refractivity contribution in [3.63, 3.8) is 0 Å². The van der Waals surface area contributed by atoms with Crippen LogP contribution in [0.3, 0.4) is 0 Å². The average molecular weight is 390 g/mol. The number of hydrogen-bond donors (Lipinski definition) is 1. The monoisotopic (exact) mass is 390 g/mol. The topological polar surface area (TPSA) is 107 Å². The molecule has 0 saturated carbocycles. The molecule has 1 fully saturated rings. The number of nitrogens with two attached hydrogens (primary N) is 1. The predicted molar refractivity (Wildman–Crippen MR) is 108 cm³/mol. The second kappa shape index (κ2) is 7.23. The first kappa shape index (κ1) is 18.4. The van der Waals surface area contributed by atoms with Gasteiger partial charge in [0, 0.05) is 35.7 Å². The highest BCUT2D eigenvalue weighted by atomic mass is 16.2. The van der Waals surface area contributed by atoms with E-state index < -0.39 is 23.2 Å². The Bertz CT molecular complexity index is 1200. The van der Waals surface area contributed by atoms with Crippen LogP contribution in [0, 0.1) is 0 Å². The summed E-state index contributed by atoms with van der Waals surface area (Å²) in [5, 5.41) is 0. The Morgan fingerprint density at radius 2 is 1.62 bits per heavy atom. The molecule has 1 atom stereocenters. The highest BCUT2D eigenvalue weighted by Gasteiger charge is 2.35. The number of amides is 1. The molecule has 29 heavy (non-hydrogen) atoms. The largest absolute Gasteiger partial charge is 0.399 e. The molecule has 1 aromatic heterocycles. The van der Waals surface area contributed by atoms with Gasteiger partial charge in [0.2, 0.25) is 5.91 Å². The van der Waals surface area contributed by atoms with Crippen molar-refractivity contribution >= 4 is 23.2 Å². The van der Waals surface area contributed by atoms with Gasteiger partial charge in [0.1, 0.15) is 6.04 Å². The van der Waals surface area contributed by atoms with Crippen LogP contribution in [0.2, 0.25) is 0 Å². The summed E-state index contributed by atoms with van der Waals surface area (Å²) in [4.78, 5) is 52.4. The Balaban J connectivity index is 1.71. The SMILES string of the molecule is Nc1ccc(N2CCC(n3ccc(=O)n(C(=O)c4ccccc4)c3=O)C2=O)cc1. The van der Waals surface area contributed by atoms with Crippen molar-refractivity contribution in [3.8, 4) is 0 Å². The molecule has 8 nitrogen and oxygen atoms in total. The number of nitrogens with zero attached hydrogens (tertiary/aromatic N) is 3. The van der Waals surface area contributed by atoms with E-state index in [9.17, 15) is 19.2 Å². The van der Waals surface area contributed by atoms with Crippen LogP contribution in [0.15, 0.2) is 76.4 Å². The Hall–Kier alpha value is -3.94. The lowest BCUT2D eigenvalue weighted by Gasteiger charge is -2.18. The van der Waals surface area contributed by atoms with E-state index in [2.05, 4.69) is 0 Å². The average Bonchev–Trinajstić information content (AvgIpc) is 3.10. The number of benzene rings is 2. The molecule has 1 aliphatic rings. The first-order chi connectivity index (χ1) is 14.0. The van der Waals surface area contributed by atoms with Gasteiger partial charge in [-0.25, -0.2) is 4.79 Å². The van der Waals surface area contributed by atoms with Gasteiger partial charge in [-0.15, -0.1) is 0 Å². The maximum absolute atomic E-state index is 12.9. The van der Waals surface area contributed by atoms with Crippen LogP contribution in [-0.2, 0) is 4.79 Å². The highest BCUT2D eigenvalue weighted by molar-refractivity contribution is 5.98. The Morgan fingerprint density at radius 1 is 0.931 bits per heavy atom. The van der Waals surface area contributed by atoms with Crippen molar-refractivity contribution in [2.24, 2.45) is 0 Å². The first-order valence-electron chi connectivity index (χ1n) is 9.08. The van der Waals surface area contributed by atoms with Crippen molar-refractivity contribution < 1.29 is 9.59 Å². The molecule has 0 bridgehead atoms. The standard InChI is InChI=1S/C21H18N4O4/c22-15-6-8-16(9-7-15)23-12-10-17(20(23)28)24-13-11-18(26)25(21(24)29)19(27)14-4-2-1-3-5-14/h1-9,11,13,17H,10,12,22H2. The normalized spacial score (nSPS) is 16.2. The van der Waals surface area contributed by atoms with Gasteiger partial charge in [-0.3, -0.25) is 19.0 Å². The minimum Gasteiger partial charge on any atom is -0.399 e. The molecule has 0 aliphatic carbocycles. The summed E-state index contributed by atoms with van der Waals surface area (Å²) in [6.45, 7) is 0.408. The van der Waals surface area contributed by atoms with Crippen LogP contribution in [0.1, 0.15) is 22.8 Å². The molecule has 1 amide bonds. The minimum absolute atomic E-state index is 0.214. The summed E-state index contributed by atoms with van der Waals surface area (Å²) < 4.78 is 1.72. The van der Waals surface area contributed by atoms with E-state index in [1.54, 1.807) is 47.4 Å². The van der Waals surface area contributed by atoms with Crippen molar-refractivity contribution in [2.45, 2.75) is 12.5 Å². The lowest BCUT2D eigenvalue weighted by molar-refractivity contribution is -0.119. The molecule has 8 heteroatoms. The second-order valence-corrected chi connectivity index (χ2v) is 6.74. The summed E-state index contributed by atoms with van der Waals surface area (Å²) in [7, 11) is 0. The van der Waals surface area contributed by atoms with Gasteiger partial charge in [-0.2, -0.15) is 4.57 Å². The van der Waals surface area contributed by atoms with E-state index in [1.807, 2.05) is 0 Å². The predicted octanol–water partition coefficient (Wildman–Crippen LogP) is 1.26. The number of aromatic nitrogens is 2. The molecule has 1 saturated heterocycles. The molecule has 1 aliphatic heterocycles. The van der Waals surface area contributed by atoms with E-state index in [4.69, 9.17) is 5.73 Å². The van der Waals surface area contributed by atoms with Gasteiger partial charge in [0.25, 0.3) is 11.5 Å². The third-order valence-electron chi connectivity index (χ3n) is 4.95. The molecule has 3 aromatic rings. The van der Waals surface area contributed by atoms with Gasteiger partial charge < -0.3 is 10.6 Å². The second-order valence-electron chi connectivity index (χ2n) is 6.74. The van der Waals surface area contributed by atoms with Crippen LogP contribution >= 0.6 is 0 Å². The van der Waals surface area contributed by atoms with Crippen LogP contribution in [0.25, 0.3) is 0 Å². The molecular formula is C21H18N4O4. The fraction of sp³-hybridized carbons (Fsp3) is 0.143. The third-order valence-corrected chi connectivity index (χ3v) is 4.95. The zero-order valence-corrected chi connectivity index (χ0v) is 15.4. The summed E-state index contributed by atoms with van der Waals surface area (Å²) in [5.41, 5.74) is 5.60. The van der Waals surface area contributed by atoms with Gasteiger partial charge in [-0.05, 0) is 42.8 Å². The fourth-order valence-electron chi connectivity index (χ4n) is 3.46. The number of hydrogen-bond acceptors (Lipinski definition) is 5. The van der Waals surface area contributed by atoms with Crippen molar-refractivity contribution in [1.29, 1.82) is 0 Å². The molecule has 0 spiro atoms. The highest BCUT2D eigenvalue weighted by Crippen LogP contribution is 2.28. The molecule has 1 unspecified atom stereocenters. The minimum atomic E-state index is -0.830.